The highest BCUT2D eigenvalue weighted by Gasteiger charge is 2.13. The van der Waals surface area contributed by atoms with Gasteiger partial charge in [-0.3, -0.25) is 9.59 Å². The molecule has 2 N–H and O–H groups in total. The maximum atomic E-state index is 12.6. The average Bonchev–Trinajstić information content (AvgIpc) is 2.80. The maximum Gasteiger partial charge on any atom is 0.266 e. The first-order valence-corrected chi connectivity index (χ1v) is 10.9. The number of hydrogen-bond acceptors (Lipinski definition) is 4. The van der Waals surface area contributed by atoms with Crippen molar-refractivity contribution >= 4 is 40.9 Å². The summed E-state index contributed by atoms with van der Waals surface area (Å²) in [5, 5.41) is 15.3. The summed E-state index contributed by atoms with van der Waals surface area (Å²) in [4.78, 5) is 24.8. The van der Waals surface area contributed by atoms with Gasteiger partial charge in [-0.25, -0.2) is 0 Å². The molecule has 0 heterocycles. The van der Waals surface area contributed by atoms with Crippen LogP contribution >= 0.6 is 11.6 Å². The molecule has 6 nitrogen and oxygen atoms in total. The Morgan fingerprint density at radius 3 is 2.50 bits per heavy atom. The zero-order chi connectivity index (χ0) is 24.7. The van der Waals surface area contributed by atoms with Crippen LogP contribution in [0.15, 0.2) is 66.2 Å². The molecule has 3 aromatic carbocycles. The second-order valence-corrected chi connectivity index (χ2v) is 8.17. The molecule has 34 heavy (non-hydrogen) atoms. The third kappa shape index (κ3) is 6.47. The predicted molar refractivity (Wildman–Crippen MR) is 135 cm³/mol. The van der Waals surface area contributed by atoms with Crippen molar-refractivity contribution in [3.8, 4) is 11.8 Å². The molecule has 172 valence electrons. The molecule has 3 aromatic rings. The number of rotatable bonds is 7. The number of ether oxygens (including phenoxy) is 1. The van der Waals surface area contributed by atoms with Crippen LogP contribution in [-0.2, 0) is 9.59 Å². The summed E-state index contributed by atoms with van der Waals surface area (Å²) >= 11 is 6.30. The van der Waals surface area contributed by atoms with Crippen molar-refractivity contribution in [3.05, 3.63) is 93.5 Å². The number of carbonyl (C=O) groups excluding carboxylic acids is 2. The zero-order valence-corrected chi connectivity index (χ0v) is 19.9. The number of amides is 2. The lowest BCUT2D eigenvalue weighted by molar-refractivity contribution is -0.118. The Kier molecular flexibility index (Phi) is 8.07. The van der Waals surface area contributed by atoms with E-state index in [2.05, 4.69) is 10.6 Å². The minimum absolute atomic E-state index is 0.0665. The Balaban J connectivity index is 1.65. The van der Waals surface area contributed by atoms with E-state index in [1.165, 1.54) is 6.08 Å². The van der Waals surface area contributed by atoms with Gasteiger partial charge in [0.15, 0.2) is 6.61 Å². The van der Waals surface area contributed by atoms with Crippen LogP contribution in [0.1, 0.15) is 22.3 Å². The minimum atomic E-state index is -0.513. The average molecular weight is 474 g/mol. The van der Waals surface area contributed by atoms with Gasteiger partial charge in [0.25, 0.3) is 11.8 Å². The van der Waals surface area contributed by atoms with E-state index < -0.39 is 5.91 Å². The van der Waals surface area contributed by atoms with Gasteiger partial charge in [0, 0.05) is 11.4 Å². The standard InChI is InChI=1S/C27H24ClN3O3/c1-17-6-4-8-22(12-17)30-26(32)16-34-25-11-10-20(14-23(25)28)13-21(15-29)27(33)31-24-9-5-7-18(2)19(24)3/h4-14H,16H2,1-3H3,(H,30,32)(H,31,33)/b21-13+. The summed E-state index contributed by atoms with van der Waals surface area (Å²) < 4.78 is 5.53. The number of carbonyl (C=O) groups is 2. The number of nitrogens with one attached hydrogen (secondary N) is 2. The van der Waals surface area contributed by atoms with Gasteiger partial charge in [-0.05, 0) is 79.4 Å². The molecular formula is C27H24ClN3O3. The molecule has 0 spiro atoms. The largest absolute Gasteiger partial charge is 0.482 e. The summed E-state index contributed by atoms with van der Waals surface area (Å²) in [6.45, 7) is 5.57. The second-order valence-electron chi connectivity index (χ2n) is 7.77. The van der Waals surface area contributed by atoms with Crippen molar-refractivity contribution in [2.75, 3.05) is 17.2 Å². The Morgan fingerprint density at radius 1 is 1.03 bits per heavy atom. The van der Waals surface area contributed by atoms with Crippen LogP contribution in [0.2, 0.25) is 5.02 Å². The molecule has 0 aliphatic carbocycles. The highest BCUT2D eigenvalue weighted by atomic mass is 35.5. The Morgan fingerprint density at radius 2 is 1.79 bits per heavy atom. The van der Waals surface area contributed by atoms with E-state index in [0.29, 0.717) is 22.7 Å². The van der Waals surface area contributed by atoms with Crippen LogP contribution in [0.3, 0.4) is 0 Å². The molecule has 0 aromatic heterocycles. The van der Waals surface area contributed by atoms with E-state index >= 15 is 0 Å². The molecule has 0 atom stereocenters. The van der Waals surface area contributed by atoms with E-state index in [-0.39, 0.29) is 23.1 Å². The van der Waals surface area contributed by atoms with Gasteiger partial charge in [0.05, 0.1) is 5.02 Å². The molecule has 0 bridgehead atoms. The van der Waals surface area contributed by atoms with Crippen LogP contribution in [0.5, 0.6) is 5.75 Å². The van der Waals surface area contributed by atoms with Crippen molar-refractivity contribution < 1.29 is 14.3 Å². The highest BCUT2D eigenvalue weighted by Crippen LogP contribution is 2.27. The number of halogens is 1. The molecule has 0 unspecified atom stereocenters. The number of nitriles is 1. The highest BCUT2D eigenvalue weighted by molar-refractivity contribution is 6.32. The smallest absolute Gasteiger partial charge is 0.266 e. The fourth-order valence-electron chi connectivity index (χ4n) is 3.18. The normalized spacial score (nSPS) is 10.9. The molecule has 2 amide bonds. The number of nitrogens with zero attached hydrogens (tertiary/aromatic N) is 1. The van der Waals surface area contributed by atoms with Gasteiger partial charge in [0.1, 0.15) is 17.4 Å². The van der Waals surface area contributed by atoms with E-state index in [4.69, 9.17) is 16.3 Å². The third-order valence-electron chi connectivity index (χ3n) is 5.15. The third-order valence-corrected chi connectivity index (χ3v) is 5.44. The first-order valence-electron chi connectivity index (χ1n) is 10.5. The number of anilines is 2. The van der Waals surface area contributed by atoms with Crippen LogP contribution in [-0.4, -0.2) is 18.4 Å². The van der Waals surface area contributed by atoms with Gasteiger partial charge in [0.2, 0.25) is 0 Å². The van der Waals surface area contributed by atoms with Gasteiger partial charge >= 0.3 is 0 Å². The van der Waals surface area contributed by atoms with Crippen LogP contribution in [0.4, 0.5) is 11.4 Å². The fourth-order valence-corrected chi connectivity index (χ4v) is 3.42. The van der Waals surface area contributed by atoms with Crippen molar-refractivity contribution in [3.63, 3.8) is 0 Å². The second kappa shape index (κ2) is 11.2. The van der Waals surface area contributed by atoms with Gasteiger partial charge in [-0.15, -0.1) is 0 Å². The van der Waals surface area contributed by atoms with Gasteiger partial charge < -0.3 is 15.4 Å². The van der Waals surface area contributed by atoms with Crippen molar-refractivity contribution in [1.82, 2.24) is 0 Å². The molecule has 0 aliphatic rings. The topological polar surface area (TPSA) is 91.2 Å². The quantitative estimate of drug-likeness (QED) is 0.333. The summed E-state index contributed by atoms with van der Waals surface area (Å²) in [7, 11) is 0. The first kappa shape index (κ1) is 24.6. The summed E-state index contributed by atoms with van der Waals surface area (Å²) in [6, 6.07) is 19.8. The molecule has 0 aliphatic heterocycles. The van der Waals surface area contributed by atoms with E-state index in [0.717, 1.165) is 16.7 Å². The Bertz CT molecular complexity index is 1310. The predicted octanol–water partition coefficient (Wildman–Crippen LogP) is 5.83. The lowest BCUT2D eigenvalue weighted by atomic mass is 10.1. The Hall–Kier alpha value is -4.08. The van der Waals surface area contributed by atoms with E-state index in [9.17, 15) is 14.9 Å². The number of benzene rings is 3. The van der Waals surface area contributed by atoms with Crippen LogP contribution in [0.25, 0.3) is 6.08 Å². The van der Waals surface area contributed by atoms with Crippen LogP contribution < -0.4 is 15.4 Å². The molecule has 0 radical (unpaired) electrons. The summed E-state index contributed by atoms with van der Waals surface area (Å²) in [6.07, 6.45) is 1.45. The first-order chi connectivity index (χ1) is 16.3. The van der Waals surface area contributed by atoms with E-state index in [1.54, 1.807) is 30.3 Å². The lowest BCUT2D eigenvalue weighted by Crippen LogP contribution is -2.20. The molecular weight excluding hydrogens is 450 g/mol. The molecule has 0 saturated heterocycles. The van der Waals surface area contributed by atoms with Crippen molar-refractivity contribution in [1.29, 1.82) is 5.26 Å². The van der Waals surface area contributed by atoms with Crippen molar-refractivity contribution in [2.45, 2.75) is 20.8 Å². The van der Waals surface area contributed by atoms with E-state index in [1.807, 2.05) is 57.2 Å². The summed E-state index contributed by atoms with van der Waals surface area (Å²) in [5.74, 6) is -0.516. The molecule has 0 fully saturated rings. The number of aryl methyl sites for hydroxylation is 2. The lowest BCUT2D eigenvalue weighted by Gasteiger charge is -2.11. The maximum absolute atomic E-state index is 12.6. The van der Waals surface area contributed by atoms with Gasteiger partial charge in [-0.1, -0.05) is 41.9 Å². The van der Waals surface area contributed by atoms with Gasteiger partial charge in [-0.2, -0.15) is 5.26 Å². The van der Waals surface area contributed by atoms with Crippen LogP contribution in [0, 0.1) is 32.1 Å². The zero-order valence-electron chi connectivity index (χ0n) is 19.1. The fraction of sp³-hybridized carbons (Fsp3) is 0.148. The molecule has 7 heteroatoms. The minimum Gasteiger partial charge on any atom is -0.482 e. The molecule has 3 rings (SSSR count). The monoisotopic (exact) mass is 473 g/mol. The SMILES string of the molecule is Cc1cccc(NC(=O)COc2ccc(/C=C(\C#N)C(=O)Nc3cccc(C)c3C)cc2Cl)c1. The molecule has 0 saturated carbocycles. The van der Waals surface area contributed by atoms with Crippen molar-refractivity contribution in [2.24, 2.45) is 0 Å². The summed E-state index contributed by atoms with van der Waals surface area (Å²) in [5.41, 5.74) is 4.82. The Labute approximate surface area is 203 Å². The number of hydrogen-bond donors (Lipinski definition) is 2.